The van der Waals surface area contributed by atoms with Crippen LogP contribution < -0.4 is 10.6 Å². The average molecular weight is 251 g/mol. The second-order valence-electron chi connectivity index (χ2n) is 4.70. The molecule has 1 fully saturated rings. The summed E-state index contributed by atoms with van der Waals surface area (Å²) in [6, 6.07) is 4.83. The highest BCUT2D eigenvalue weighted by Crippen LogP contribution is 2.14. The van der Waals surface area contributed by atoms with Crippen LogP contribution in [0.5, 0.6) is 0 Å². The molecular weight excluding hydrogens is 233 g/mol. The van der Waals surface area contributed by atoms with E-state index < -0.39 is 0 Å². The molecule has 0 bridgehead atoms. The summed E-state index contributed by atoms with van der Waals surface area (Å²) in [6.45, 7) is 5.85. The summed E-state index contributed by atoms with van der Waals surface area (Å²) >= 11 is 0. The Hall–Kier alpha value is -1.62. The number of piperazine rings is 1. The number of urea groups is 1. The number of anilines is 1. The van der Waals surface area contributed by atoms with E-state index in [-0.39, 0.29) is 11.8 Å². The van der Waals surface area contributed by atoms with Gasteiger partial charge in [0.15, 0.2) is 0 Å². The highest BCUT2D eigenvalue weighted by molar-refractivity contribution is 5.89. The molecule has 2 rings (SSSR count). The molecule has 18 heavy (non-hydrogen) atoms. The third kappa shape index (κ3) is 2.98. The number of benzene rings is 1. The van der Waals surface area contributed by atoms with Gasteiger partial charge in [-0.2, -0.15) is 0 Å². The number of aryl methyl sites for hydroxylation is 1. The van der Waals surface area contributed by atoms with Gasteiger partial charge < -0.3 is 15.5 Å². The number of carbonyl (C=O) groups is 1. The number of hydrogen-bond acceptors (Lipinski definition) is 2. The highest BCUT2D eigenvalue weighted by atomic mass is 19.1. The molecule has 1 aliphatic rings. The lowest BCUT2D eigenvalue weighted by molar-refractivity contribution is 0.192. The van der Waals surface area contributed by atoms with Crippen LogP contribution in [0.25, 0.3) is 0 Å². The van der Waals surface area contributed by atoms with Gasteiger partial charge in [-0.3, -0.25) is 0 Å². The topological polar surface area (TPSA) is 44.4 Å². The van der Waals surface area contributed by atoms with Crippen molar-refractivity contribution in [1.29, 1.82) is 0 Å². The zero-order chi connectivity index (χ0) is 13.1. The van der Waals surface area contributed by atoms with Crippen LogP contribution >= 0.6 is 0 Å². The van der Waals surface area contributed by atoms with Crippen LogP contribution in [0.2, 0.25) is 0 Å². The fourth-order valence-corrected chi connectivity index (χ4v) is 1.99. The SMILES string of the molecule is Cc1ccc(NC(=O)N2CCN[C@@H](C)C2)cc1F. The summed E-state index contributed by atoms with van der Waals surface area (Å²) in [5, 5.41) is 5.99. The molecular formula is C13H18FN3O. The van der Waals surface area contributed by atoms with Crippen LogP contribution in [-0.4, -0.2) is 36.6 Å². The normalized spacial score (nSPS) is 19.7. The summed E-state index contributed by atoms with van der Waals surface area (Å²) in [7, 11) is 0. The van der Waals surface area contributed by atoms with E-state index in [0.29, 0.717) is 30.4 Å². The van der Waals surface area contributed by atoms with Crippen LogP contribution in [-0.2, 0) is 0 Å². The minimum Gasteiger partial charge on any atom is -0.322 e. The molecule has 4 nitrogen and oxygen atoms in total. The zero-order valence-corrected chi connectivity index (χ0v) is 10.7. The quantitative estimate of drug-likeness (QED) is 0.801. The van der Waals surface area contributed by atoms with Crippen LogP contribution in [0.3, 0.4) is 0 Å². The average Bonchev–Trinajstić information content (AvgIpc) is 2.34. The van der Waals surface area contributed by atoms with Crippen molar-refractivity contribution in [1.82, 2.24) is 10.2 Å². The number of halogens is 1. The predicted molar refractivity (Wildman–Crippen MR) is 69.2 cm³/mol. The Kier molecular flexibility index (Phi) is 3.81. The van der Waals surface area contributed by atoms with Gasteiger partial charge in [0.2, 0.25) is 0 Å². The summed E-state index contributed by atoms with van der Waals surface area (Å²) < 4.78 is 13.4. The highest BCUT2D eigenvalue weighted by Gasteiger charge is 2.20. The number of nitrogens with zero attached hydrogens (tertiary/aromatic N) is 1. The van der Waals surface area contributed by atoms with E-state index in [0.717, 1.165) is 6.54 Å². The third-order valence-corrected chi connectivity index (χ3v) is 3.08. The lowest BCUT2D eigenvalue weighted by Gasteiger charge is -2.31. The smallest absolute Gasteiger partial charge is 0.321 e. The first kappa shape index (κ1) is 12.8. The van der Waals surface area contributed by atoms with Crippen molar-refractivity contribution in [3.05, 3.63) is 29.6 Å². The minimum atomic E-state index is -0.304. The van der Waals surface area contributed by atoms with Gasteiger partial charge in [0.05, 0.1) is 0 Å². The Balaban J connectivity index is 2.00. The van der Waals surface area contributed by atoms with Crippen molar-refractivity contribution >= 4 is 11.7 Å². The fourth-order valence-electron chi connectivity index (χ4n) is 1.99. The first-order valence-corrected chi connectivity index (χ1v) is 6.12. The minimum absolute atomic E-state index is 0.174. The summed E-state index contributed by atoms with van der Waals surface area (Å²) in [5.74, 6) is -0.304. The number of amides is 2. The van der Waals surface area contributed by atoms with Crippen molar-refractivity contribution in [2.75, 3.05) is 25.0 Å². The molecule has 0 aromatic heterocycles. The van der Waals surface area contributed by atoms with E-state index in [1.54, 1.807) is 24.0 Å². The second-order valence-corrected chi connectivity index (χ2v) is 4.70. The molecule has 1 aromatic rings. The van der Waals surface area contributed by atoms with Crippen LogP contribution in [0.4, 0.5) is 14.9 Å². The Bertz CT molecular complexity index is 450. The number of hydrogen-bond donors (Lipinski definition) is 2. The Labute approximate surface area is 106 Å². The van der Waals surface area contributed by atoms with Gasteiger partial charge in [-0.05, 0) is 31.5 Å². The maximum atomic E-state index is 13.4. The molecule has 1 saturated heterocycles. The van der Waals surface area contributed by atoms with Crippen molar-refractivity contribution in [2.24, 2.45) is 0 Å². The Morgan fingerprint density at radius 3 is 3.00 bits per heavy atom. The van der Waals surface area contributed by atoms with Gasteiger partial charge in [0, 0.05) is 31.4 Å². The first-order valence-electron chi connectivity index (χ1n) is 6.12. The monoisotopic (exact) mass is 251 g/mol. The fraction of sp³-hybridized carbons (Fsp3) is 0.462. The Morgan fingerprint density at radius 2 is 2.33 bits per heavy atom. The first-order chi connectivity index (χ1) is 8.56. The zero-order valence-electron chi connectivity index (χ0n) is 10.7. The van der Waals surface area contributed by atoms with Crippen molar-refractivity contribution in [2.45, 2.75) is 19.9 Å². The molecule has 1 heterocycles. The van der Waals surface area contributed by atoms with Crippen molar-refractivity contribution < 1.29 is 9.18 Å². The molecule has 0 saturated carbocycles. The lowest BCUT2D eigenvalue weighted by Crippen LogP contribution is -2.52. The van der Waals surface area contributed by atoms with E-state index in [2.05, 4.69) is 10.6 Å². The molecule has 0 unspecified atom stereocenters. The van der Waals surface area contributed by atoms with Crippen molar-refractivity contribution in [3.8, 4) is 0 Å². The molecule has 2 N–H and O–H groups in total. The van der Waals surface area contributed by atoms with E-state index in [1.165, 1.54) is 6.07 Å². The molecule has 1 aromatic carbocycles. The van der Waals surface area contributed by atoms with E-state index in [4.69, 9.17) is 0 Å². The second kappa shape index (κ2) is 5.35. The van der Waals surface area contributed by atoms with Gasteiger partial charge in [-0.25, -0.2) is 9.18 Å². The summed E-state index contributed by atoms with van der Waals surface area (Å²) in [6.07, 6.45) is 0. The van der Waals surface area contributed by atoms with Gasteiger partial charge in [0.1, 0.15) is 5.82 Å². The molecule has 5 heteroatoms. The third-order valence-electron chi connectivity index (χ3n) is 3.08. The van der Waals surface area contributed by atoms with E-state index in [1.807, 2.05) is 6.92 Å². The lowest BCUT2D eigenvalue weighted by atomic mass is 10.2. The molecule has 1 aliphatic heterocycles. The van der Waals surface area contributed by atoms with E-state index in [9.17, 15) is 9.18 Å². The molecule has 2 amide bonds. The Morgan fingerprint density at radius 1 is 1.56 bits per heavy atom. The predicted octanol–water partition coefficient (Wildman–Crippen LogP) is 1.96. The number of carbonyl (C=O) groups excluding carboxylic acids is 1. The molecule has 1 atom stereocenters. The van der Waals surface area contributed by atoms with Crippen molar-refractivity contribution in [3.63, 3.8) is 0 Å². The molecule has 0 spiro atoms. The van der Waals surface area contributed by atoms with Gasteiger partial charge >= 0.3 is 6.03 Å². The summed E-state index contributed by atoms with van der Waals surface area (Å²) in [5.41, 5.74) is 1.07. The maximum Gasteiger partial charge on any atom is 0.321 e. The molecule has 98 valence electrons. The van der Waals surface area contributed by atoms with Crippen LogP contribution in [0.15, 0.2) is 18.2 Å². The van der Waals surface area contributed by atoms with E-state index >= 15 is 0 Å². The number of rotatable bonds is 1. The maximum absolute atomic E-state index is 13.4. The van der Waals surface area contributed by atoms with Crippen LogP contribution in [0.1, 0.15) is 12.5 Å². The van der Waals surface area contributed by atoms with Gasteiger partial charge in [0.25, 0.3) is 0 Å². The number of nitrogens with one attached hydrogen (secondary N) is 2. The standard InChI is InChI=1S/C13H18FN3O/c1-9-3-4-11(7-12(9)14)16-13(18)17-6-5-15-10(2)8-17/h3-4,7,10,15H,5-6,8H2,1-2H3,(H,16,18)/t10-/m0/s1. The van der Waals surface area contributed by atoms with Gasteiger partial charge in [-0.15, -0.1) is 0 Å². The molecule has 0 radical (unpaired) electrons. The largest absolute Gasteiger partial charge is 0.322 e. The van der Waals surface area contributed by atoms with Gasteiger partial charge in [-0.1, -0.05) is 6.07 Å². The molecule has 0 aliphatic carbocycles. The van der Waals surface area contributed by atoms with Crippen LogP contribution in [0, 0.1) is 12.7 Å². The summed E-state index contributed by atoms with van der Waals surface area (Å²) in [4.78, 5) is 13.7.